The number of benzene rings is 3. The van der Waals surface area contributed by atoms with Crippen molar-refractivity contribution in [3.63, 3.8) is 0 Å². The Morgan fingerprint density at radius 1 is 1.00 bits per heavy atom. The average molecular weight is 660 g/mol. The highest BCUT2D eigenvalue weighted by atomic mass is 32.2. The van der Waals surface area contributed by atoms with Crippen molar-refractivity contribution in [2.45, 2.75) is 24.2 Å². The Labute approximate surface area is 268 Å². The Balaban J connectivity index is 1.25. The molecule has 0 saturated carbocycles. The zero-order chi connectivity index (χ0) is 32.2. The van der Waals surface area contributed by atoms with Crippen molar-refractivity contribution >= 4 is 46.3 Å². The first-order valence-corrected chi connectivity index (χ1v) is 15.7. The van der Waals surface area contributed by atoms with Crippen molar-refractivity contribution in [2.24, 2.45) is 5.10 Å². The van der Waals surface area contributed by atoms with Crippen LogP contribution in [-0.2, 0) is 11.3 Å². The van der Waals surface area contributed by atoms with Crippen molar-refractivity contribution < 1.29 is 23.3 Å². The number of nitro benzene ring substituents is 1. The number of rotatable bonds is 10. The van der Waals surface area contributed by atoms with Crippen molar-refractivity contribution in [3.8, 4) is 5.69 Å². The predicted octanol–water partition coefficient (Wildman–Crippen LogP) is 5.92. The van der Waals surface area contributed by atoms with Gasteiger partial charge >= 0.3 is 0 Å². The molecule has 11 nitrogen and oxygen atoms in total. The number of carbonyl (C=O) groups is 2. The minimum absolute atomic E-state index is 0.106. The van der Waals surface area contributed by atoms with E-state index in [2.05, 4.69) is 20.6 Å². The molecule has 0 saturated heterocycles. The summed E-state index contributed by atoms with van der Waals surface area (Å²) >= 11 is 2.57. The zero-order valence-electron chi connectivity index (χ0n) is 23.7. The lowest BCUT2D eigenvalue weighted by molar-refractivity contribution is -0.384. The molecule has 2 aromatic heterocycles. The fraction of sp³-hybridized carbons (Fsp3) is 0.129. The summed E-state index contributed by atoms with van der Waals surface area (Å²) in [7, 11) is 0. The number of carbonyl (C=O) groups excluding carboxylic acids is 2. The predicted molar refractivity (Wildman–Crippen MR) is 168 cm³/mol. The molecule has 1 atom stereocenters. The SMILES string of the molecule is O=C(NCc1nnc(SCC(=O)N2N=C(c3cccs3)C[C@H]2c2ccc(F)cc2)n1-c1ccc([N+](=O)[O-])cc1)c1ccccc1F. The van der Waals surface area contributed by atoms with Crippen LogP contribution in [0.25, 0.3) is 5.69 Å². The van der Waals surface area contributed by atoms with Gasteiger partial charge in [-0.15, -0.1) is 21.5 Å². The third-order valence-electron chi connectivity index (χ3n) is 7.10. The van der Waals surface area contributed by atoms with Crippen LogP contribution in [0.15, 0.2) is 101 Å². The van der Waals surface area contributed by atoms with Gasteiger partial charge in [0.25, 0.3) is 17.5 Å². The monoisotopic (exact) mass is 659 g/mol. The first-order valence-electron chi connectivity index (χ1n) is 13.8. The van der Waals surface area contributed by atoms with Crippen molar-refractivity contribution in [1.82, 2.24) is 25.1 Å². The van der Waals surface area contributed by atoms with Gasteiger partial charge in [-0.2, -0.15) is 5.10 Å². The van der Waals surface area contributed by atoms with Gasteiger partial charge in [-0.25, -0.2) is 13.8 Å². The Morgan fingerprint density at radius 3 is 2.46 bits per heavy atom. The number of aromatic nitrogens is 3. The van der Waals surface area contributed by atoms with Crippen molar-refractivity contribution in [1.29, 1.82) is 0 Å². The number of non-ortho nitro benzene ring substituents is 1. The maximum absolute atomic E-state index is 14.2. The maximum Gasteiger partial charge on any atom is 0.269 e. The topological polar surface area (TPSA) is 136 Å². The lowest BCUT2D eigenvalue weighted by Gasteiger charge is -2.22. The number of thioether (sulfide) groups is 1. The zero-order valence-corrected chi connectivity index (χ0v) is 25.4. The van der Waals surface area contributed by atoms with Gasteiger partial charge in [0, 0.05) is 24.2 Å². The van der Waals surface area contributed by atoms with Crippen LogP contribution >= 0.6 is 23.1 Å². The van der Waals surface area contributed by atoms with Gasteiger partial charge in [-0.05, 0) is 53.4 Å². The summed E-state index contributed by atoms with van der Waals surface area (Å²) in [5.41, 5.74) is 1.65. The lowest BCUT2D eigenvalue weighted by atomic mass is 10.0. The van der Waals surface area contributed by atoms with E-state index in [0.29, 0.717) is 12.1 Å². The van der Waals surface area contributed by atoms with Crippen LogP contribution in [0.5, 0.6) is 0 Å². The van der Waals surface area contributed by atoms with E-state index in [1.54, 1.807) is 16.7 Å². The minimum Gasteiger partial charge on any atom is -0.345 e. The van der Waals surface area contributed by atoms with Crippen LogP contribution in [-0.4, -0.2) is 48.0 Å². The molecule has 15 heteroatoms. The van der Waals surface area contributed by atoms with Crippen LogP contribution < -0.4 is 5.32 Å². The molecule has 5 aromatic rings. The molecule has 3 aromatic carbocycles. The molecule has 6 rings (SSSR count). The number of nitrogens with one attached hydrogen (secondary N) is 1. The number of nitrogens with zero attached hydrogens (tertiary/aromatic N) is 6. The van der Waals surface area contributed by atoms with E-state index < -0.39 is 22.7 Å². The van der Waals surface area contributed by atoms with E-state index >= 15 is 0 Å². The minimum atomic E-state index is -0.683. The number of hydrazone groups is 1. The van der Waals surface area contributed by atoms with E-state index in [1.807, 2.05) is 17.5 Å². The third kappa shape index (κ3) is 6.55. The normalized spacial score (nSPS) is 14.3. The first-order chi connectivity index (χ1) is 22.3. The fourth-order valence-electron chi connectivity index (χ4n) is 4.86. The summed E-state index contributed by atoms with van der Waals surface area (Å²) in [5, 5.41) is 30.5. The molecule has 0 bridgehead atoms. The molecule has 2 amide bonds. The van der Waals surface area contributed by atoms with Gasteiger partial charge in [0.2, 0.25) is 0 Å². The summed E-state index contributed by atoms with van der Waals surface area (Å²) < 4.78 is 29.4. The molecule has 0 aliphatic carbocycles. The Morgan fingerprint density at radius 2 is 1.76 bits per heavy atom. The molecule has 1 N–H and O–H groups in total. The third-order valence-corrected chi connectivity index (χ3v) is 8.93. The smallest absolute Gasteiger partial charge is 0.269 e. The molecular weight excluding hydrogens is 637 g/mol. The highest BCUT2D eigenvalue weighted by Gasteiger charge is 2.34. The number of thiophene rings is 1. The Bertz CT molecular complexity index is 1930. The number of hydrogen-bond donors (Lipinski definition) is 1. The Kier molecular flexibility index (Phi) is 8.94. The molecule has 46 heavy (non-hydrogen) atoms. The molecule has 1 aliphatic rings. The summed E-state index contributed by atoms with van der Waals surface area (Å²) in [5.74, 6) is -1.93. The van der Waals surface area contributed by atoms with E-state index in [9.17, 15) is 28.5 Å². The van der Waals surface area contributed by atoms with Gasteiger partial charge in [0.05, 0.1) is 39.4 Å². The van der Waals surface area contributed by atoms with Gasteiger partial charge in [0.15, 0.2) is 11.0 Å². The number of hydrogen-bond acceptors (Lipinski definition) is 9. The summed E-state index contributed by atoms with van der Waals surface area (Å²) in [6, 6.07) is 20.5. The second-order valence-corrected chi connectivity index (χ2v) is 11.9. The van der Waals surface area contributed by atoms with Crippen LogP contribution in [0.4, 0.5) is 14.5 Å². The number of nitro groups is 1. The highest BCUT2D eigenvalue weighted by Crippen LogP contribution is 2.35. The van der Waals surface area contributed by atoms with Crippen LogP contribution in [0.1, 0.15) is 39.1 Å². The molecule has 232 valence electrons. The van der Waals surface area contributed by atoms with E-state index in [1.165, 1.54) is 77.0 Å². The van der Waals surface area contributed by atoms with Crippen molar-refractivity contribution in [3.05, 3.63) is 134 Å². The molecule has 0 spiro atoms. The summed E-state index contributed by atoms with van der Waals surface area (Å²) in [6.07, 6.45) is 0.452. The molecule has 1 aliphatic heterocycles. The molecule has 0 radical (unpaired) electrons. The van der Waals surface area contributed by atoms with Gasteiger partial charge < -0.3 is 5.32 Å². The van der Waals surface area contributed by atoms with Crippen LogP contribution in [0, 0.1) is 21.7 Å². The second kappa shape index (κ2) is 13.4. The number of halogens is 2. The quantitative estimate of drug-likeness (QED) is 0.112. The molecular formula is C31H23F2N7O4S2. The summed E-state index contributed by atoms with van der Waals surface area (Å²) in [6.45, 7) is -0.154. The van der Waals surface area contributed by atoms with Gasteiger partial charge in [-0.1, -0.05) is 42.1 Å². The van der Waals surface area contributed by atoms with Crippen molar-refractivity contribution in [2.75, 3.05) is 5.75 Å². The molecule has 0 unspecified atom stereocenters. The highest BCUT2D eigenvalue weighted by molar-refractivity contribution is 7.99. The van der Waals surface area contributed by atoms with E-state index in [-0.39, 0.29) is 46.3 Å². The molecule has 3 heterocycles. The standard InChI is InChI=1S/C31H23F2N7O4S2/c32-20-9-7-19(8-10-20)26-16-25(27-6-3-15-45-27)37-39(26)29(41)18-46-31-36-35-28(17-34-30(42)23-4-1-2-5-24(23)33)38(31)21-11-13-22(14-12-21)40(43)44/h1-15,26H,16-18H2,(H,34,42)/t26-/m0/s1. The van der Waals surface area contributed by atoms with Gasteiger partial charge in [0.1, 0.15) is 11.6 Å². The van der Waals surface area contributed by atoms with E-state index in [0.717, 1.165) is 27.9 Å². The molecule has 0 fully saturated rings. The Hall–Kier alpha value is -5.28. The maximum atomic E-state index is 14.2. The first kappa shape index (κ1) is 30.7. The van der Waals surface area contributed by atoms with Crippen LogP contribution in [0.3, 0.4) is 0 Å². The van der Waals surface area contributed by atoms with E-state index in [4.69, 9.17) is 0 Å². The number of amides is 2. The fourth-order valence-corrected chi connectivity index (χ4v) is 6.40. The average Bonchev–Trinajstić information content (AvgIpc) is 3.83. The van der Waals surface area contributed by atoms with Crippen LogP contribution in [0.2, 0.25) is 0 Å². The van der Waals surface area contributed by atoms with Gasteiger partial charge in [-0.3, -0.25) is 24.3 Å². The second-order valence-electron chi connectivity index (χ2n) is 9.99. The lowest BCUT2D eigenvalue weighted by Crippen LogP contribution is -2.28. The summed E-state index contributed by atoms with van der Waals surface area (Å²) in [4.78, 5) is 38.0. The largest absolute Gasteiger partial charge is 0.345 e.